The van der Waals surface area contributed by atoms with E-state index in [9.17, 15) is 23.5 Å². The molecule has 2 aliphatic rings. The smallest absolute Gasteiger partial charge is 0.387 e. The van der Waals surface area contributed by atoms with Gasteiger partial charge < -0.3 is 24.6 Å². The number of hydrogen-bond acceptors (Lipinski definition) is 8. The van der Waals surface area contributed by atoms with Gasteiger partial charge in [-0.1, -0.05) is 0 Å². The second-order valence-corrected chi connectivity index (χ2v) is 9.46. The highest BCUT2D eigenvalue weighted by atomic mass is 19.3. The number of aromatic nitrogens is 2. The highest BCUT2D eigenvalue weighted by Crippen LogP contribution is 2.37. The van der Waals surface area contributed by atoms with Crippen molar-refractivity contribution in [3.8, 4) is 22.8 Å². The van der Waals surface area contributed by atoms with E-state index in [4.69, 9.17) is 14.2 Å². The zero-order valence-electron chi connectivity index (χ0n) is 20.9. The number of pyridine rings is 1. The molecule has 1 aromatic carbocycles. The fourth-order valence-corrected chi connectivity index (χ4v) is 4.60. The van der Waals surface area contributed by atoms with Gasteiger partial charge in [0.15, 0.2) is 0 Å². The molecule has 0 radical (unpaired) electrons. The minimum absolute atomic E-state index is 0.0185. The van der Waals surface area contributed by atoms with Crippen molar-refractivity contribution in [1.82, 2.24) is 19.6 Å². The first-order valence-electron chi connectivity index (χ1n) is 12.2. The second kappa shape index (κ2) is 10.5. The van der Waals surface area contributed by atoms with Gasteiger partial charge >= 0.3 is 12.6 Å². The molecule has 1 unspecified atom stereocenters. The number of aliphatic hydroxyl groups excluding tert-OH is 1. The molecular weight excluding hydrogens is 502 g/mol. The lowest BCUT2D eigenvalue weighted by atomic mass is 9.99. The lowest BCUT2D eigenvalue weighted by molar-refractivity contribution is -0.152. The summed E-state index contributed by atoms with van der Waals surface area (Å²) in [7, 11) is 2.71. The molecule has 5 rings (SSSR count). The predicted octanol–water partition coefficient (Wildman–Crippen LogP) is 2.64. The van der Waals surface area contributed by atoms with E-state index in [1.165, 1.54) is 20.3 Å². The number of ether oxygens (including phenoxy) is 3. The van der Waals surface area contributed by atoms with E-state index in [-0.39, 0.29) is 35.0 Å². The largest absolute Gasteiger partial charge is 0.496 e. The number of rotatable bonds is 10. The number of carbonyl (C=O) groups excluding carboxylic acids is 2. The Morgan fingerprint density at radius 2 is 1.92 bits per heavy atom. The summed E-state index contributed by atoms with van der Waals surface area (Å²) < 4.78 is 43.1. The molecule has 3 aromatic rings. The predicted molar refractivity (Wildman–Crippen MR) is 131 cm³/mol. The van der Waals surface area contributed by atoms with Gasteiger partial charge in [-0.2, -0.15) is 8.78 Å². The van der Waals surface area contributed by atoms with Crippen LogP contribution in [-0.4, -0.2) is 77.8 Å². The van der Waals surface area contributed by atoms with Crippen molar-refractivity contribution >= 4 is 17.5 Å². The normalized spacial score (nSPS) is 16.8. The number of esters is 1. The number of hydrogen-bond donors (Lipinski definition) is 2. The number of aliphatic hydroxyl groups is 1. The van der Waals surface area contributed by atoms with Crippen LogP contribution in [-0.2, 0) is 9.53 Å². The number of imidazole rings is 1. The van der Waals surface area contributed by atoms with Crippen molar-refractivity contribution in [1.29, 1.82) is 0 Å². The number of nitrogens with zero attached hydrogens (tertiary/aromatic N) is 3. The lowest BCUT2D eigenvalue weighted by Crippen LogP contribution is -2.51. The number of likely N-dealkylation sites (tertiary alicyclic amines) is 1. The van der Waals surface area contributed by atoms with Crippen LogP contribution in [0.5, 0.6) is 11.5 Å². The van der Waals surface area contributed by atoms with Gasteiger partial charge in [0.1, 0.15) is 22.7 Å². The standard InChI is InChI=1S/C26H28F2N4O6/c1-36-20-7-15(8-21(38-26(27)28)23(20)24(34)30-17-3-4-17)18-10-29-22-9-14(5-6-32(18)22)19(33)13-31-11-16(12-31)25(35)37-2/h5-10,16-17,19,26,33H,3-4,11-13H2,1-2H3,(H,30,34). The maximum absolute atomic E-state index is 13.3. The van der Waals surface area contributed by atoms with Crippen LogP contribution in [0.1, 0.15) is 34.9 Å². The summed E-state index contributed by atoms with van der Waals surface area (Å²) >= 11 is 0. The average molecular weight is 531 g/mol. The number of fused-ring (bicyclic) bond motifs is 1. The molecule has 10 nitrogen and oxygen atoms in total. The van der Waals surface area contributed by atoms with Crippen molar-refractivity contribution in [2.24, 2.45) is 5.92 Å². The van der Waals surface area contributed by atoms with E-state index < -0.39 is 18.6 Å². The van der Waals surface area contributed by atoms with Gasteiger partial charge in [0.05, 0.1) is 38.1 Å². The Hall–Kier alpha value is -3.77. The van der Waals surface area contributed by atoms with Gasteiger partial charge in [0, 0.05) is 37.4 Å². The molecule has 1 aliphatic carbocycles. The Morgan fingerprint density at radius 3 is 2.58 bits per heavy atom. The van der Waals surface area contributed by atoms with Crippen LogP contribution >= 0.6 is 0 Å². The van der Waals surface area contributed by atoms with Crippen LogP contribution in [0.15, 0.2) is 36.7 Å². The molecule has 0 spiro atoms. The fraction of sp³-hybridized carbons (Fsp3) is 0.423. The van der Waals surface area contributed by atoms with Gasteiger partial charge in [0.25, 0.3) is 5.91 Å². The Kier molecular flexibility index (Phi) is 7.17. The summed E-state index contributed by atoms with van der Waals surface area (Å²) in [6.07, 6.45) is 4.15. The maximum atomic E-state index is 13.3. The summed E-state index contributed by atoms with van der Waals surface area (Å²) in [5.41, 5.74) is 2.08. The lowest BCUT2D eigenvalue weighted by Gasteiger charge is -2.38. The van der Waals surface area contributed by atoms with Crippen molar-refractivity contribution in [2.75, 3.05) is 33.9 Å². The third-order valence-electron chi connectivity index (χ3n) is 6.78. The van der Waals surface area contributed by atoms with E-state index in [1.54, 1.807) is 35.0 Å². The van der Waals surface area contributed by atoms with Crippen LogP contribution in [0.25, 0.3) is 16.9 Å². The molecule has 38 heavy (non-hydrogen) atoms. The first kappa shape index (κ1) is 25.9. The van der Waals surface area contributed by atoms with Crippen LogP contribution < -0.4 is 14.8 Å². The molecule has 2 fully saturated rings. The van der Waals surface area contributed by atoms with Gasteiger partial charge in [-0.05, 0) is 42.7 Å². The van der Waals surface area contributed by atoms with Crippen LogP contribution in [0.4, 0.5) is 8.78 Å². The molecular formula is C26H28F2N4O6. The minimum atomic E-state index is -3.14. The average Bonchev–Trinajstić information content (AvgIpc) is 3.58. The highest BCUT2D eigenvalue weighted by molar-refractivity contribution is 6.01. The molecule has 12 heteroatoms. The topological polar surface area (TPSA) is 115 Å². The Labute approximate surface area is 217 Å². The number of alkyl halides is 2. The second-order valence-electron chi connectivity index (χ2n) is 9.46. The number of benzene rings is 1. The zero-order chi connectivity index (χ0) is 27.0. The van der Waals surface area contributed by atoms with Gasteiger partial charge in [-0.3, -0.25) is 18.9 Å². The van der Waals surface area contributed by atoms with Gasteiger partial charge in [0.2, 0.25) is 0 Å². The molecule has 3 heterocycles. The number of halogens is 2. The number of amides is 1. The number of methoxy groups -OCH3 is 2. The van der Waals surface area contributed by atoms with E-state index >= 15 is 0 Å². The van der Waals surface area contributed by atoms with Crippen molar-refractivity contribution in [3.63, 3.8) is 0 Å². The number of β-amino-alcohol motifs (C(OH)–C–C–N with tert-alkyl or cyclic N) is 1. The summed E-state index contributed by atoms with van der Waals surface area (Å²) in [4.78, 5) is 30.7. The van der Waals surface area contributed by atoms with Crippen molar-refractivity contribution in [3.05, 3.63) is 47.8 Å². The summed E-state index contributed by atoms with van der Waals surface area (Å²) in [6, 6.07) is 6.44. The van der Waals surface area contributed by atoms with Crippen LogP contribution in [0, 0.1) is 5.92 Å². The molecule has 0 bridgehead atoms. The molecule has 1 saturated carbocycles. The van der Waals surface area contributed by atoms with Crippen molar-refractivity contribution < 1.29 is 37.7 Å². The van der Waals surface area contributed by atoms with E-state index in [1.807, 2.05) is 4.90 Å². The Balaban J connectivity index is 1.40. The Morgan fingerprint density at radius 1 is 1.18 bits per heavy atom. The monoisotopic (exact) mass is 530 g/mol. The molecule has 1 aliphatic heterocycles. The van der Waals surface area contributed by atoms with E-state index in [2.05, 4.69) is 10.3 Å². The van der Waals surface area contributed by atoms with Gasteiger partial charge in [-0.15, -0.1) is 0 Å². The highest BCUT2D eigenvalue weighted by Gasteiger charge is 2.34. The van der Waals surface area contributed by atoms with E-state index in [0.29, 0.717) is 42.1 Å². The quantitative estimate of drug-likeness (QED) is 0.385. The molecule has 1 saturated heterocycles. The zero-order valence-corrected chi connectivity index (χ0v) is 20.9. The minimum Gasteiger partial charge on any atom is -0.496 e. The summed E-state index contributed by atoms with van der Waals surface area (Å²) in [5, 5.41) is 13.5. The van der Waals surface area contributed by atoms with E-state index in [0.717, 1.165) is 12.8 Å². The Bertz CT molecular complexity index is 1350. The first-order chi connectivity index (χ1) is 18.3. The van der Waals surface area contributed by atoms with Crippen LogP contribution in [0.3, 0.4) is 0 Å². The molecule has 1 amide bonds. The summed E-state index contributed by atoms with van der Waals surface area (Å²) in [6.45, 7) is -1.73. The SMILES string of the molecule is COC(=O)C1CN(CC(O)c2ccn3c(-c4cc(OC)c(C(=O)NC5CC5)c(OC(F)F)c4)cnc3c2)C1. The molecule has 1 atom stereocenters. The third kappa shape index (κ3) is 5.27. The van der Waals surface area contributed by atoms with Crippen LogP contribution in [0.2, 0.25) is 0 Å². The number of nitrogens with one attached hydrogen (secondary N) is 1. The third-order valence-corrected chi connectivity index (χ3v) is 6.78. The molecule has 2 aromatic heterocycles. The summed E-state index contributed by atoms with van der Waals surface area (Å²) in [5.74, 6) is -1.17. The van der Waals surface area contributed by atoms with Crippen molar-refractivity contribution in [2.45, 2.75) is 31.6 Å². The maximum Gasteiger partial charge on any atom is 0.387 e. The van der Waals surface area contributed by atoms with Gasteiger partial charge in [-0.25, -0.2) is 4.98 Å². The first-order valence-corrected chi connectivity index (χ1v) is 12.2. The molecule has 2 N–H and O–H groups in total. The molecule has 202 valence electrons. The fourth-order valence-electron chi connectivity index (χ4n) is 4.60. The number of carbonyl (C=O) groups is 2.